The summed E-state index contributed by atoms with van der Waals surface area (Å²) in [5, 5.41) is 11.3. The van der Waals surface area contributed by atoms with Crippen LogP contribution in [0, 0.1) is 23.7 Å². The number of nitrogens with zero attached hydrogens (tertiary/aromatic N) is 3. The van der Waals surface area contributed by atoms with Crippen molar-refractivity contribution in [3.05, 3.63) is 96.1 Å². The van der Waals surface area contributed by atoms with E-state index < -0.39 is 5.60 Å². The first-order valence-corrected chi connectivity index (χ1v) is 9.12. The third-order valence-electron chi connectivity index (χ3n) is 4.52. The fourth-order valence-corrected chi connectivity index (χ4v) is 2.95. The highest BCUT2D eigenvalue weighted by Crippen LogP contribution is 2.30. The largest absolute Gasteiger partial charge is 0.366 e. The van der Waals surface area contributed by atoms with Crippen LogP contribution in [0.15, 0.2) is 79.1 Å². The molecular weight excluding hydrogens is 346 g/mol. The van der Waals surface area contributed by atoms with Gasteiger partial charge in [-0.25, -0.2) is 9.97 Å². The number of benzene rings is 1. The minimum Gasteiger partial charge on any atom is -0.366 e. The molecular formula is C24H19N3O. The summed E-state index contributed by atoms with van der Waals surface area (Å²) in [5.74, 6) is 11.9. The standard InChI is InChI=1S/C24H19N3O/c28-24(14-12-21-10-4-6-16-25-21,15-13-22-11-5-7-17-26-22)23-19-27(23)18-20-8-2-1-3-9-20/h1-11,16-17,23,28H,18-19H2. The molecule has 28 heavy (non-hydrogen) atoms. The minimum absolute atomic E-state index is 0.153. The summed E-state index contributed by atoms with van der Waals surface area (Å²) in [4.78, 5) is 10.6. The maximum absolute atomic E-state index is 11.3. The topological polar surface area (TPSA) is 49.0 Å². The van der Waals surface area contributed by atoms with Crippen LogP contribution < -0.4 is 0 Å². The van der Waals surface area contributed by atoms with E-state index in [0.29, 0.717) is 11.4 Å². The van der Waals surface area contributed by atoms with Crippen LogP contribution in [-0.4, -0.2) is 38.2 Å². The highest BCUT2D eigenvalue weighted by atomic mass is 16.3. The Labute approximate surface area is 164 Å². The zero-order chi connectivity index (χ0) is 19.2. The van der Waals surface area contributed by atoms with Gasteiger partial charge < -0.3 is 5.11 Å². The van der Waals surface area contributed by atoms with Crippen LogP contribution in [0.3, 0.4) is 0 Å². The van der Waals surface area contributed by atoms with Crippen LogP contribution in [0.1, 0.15) is 17.0 Å². The molecule has 136 valence electrons. The first-order chi connectivity index (χ1) is 13.7. The van der Waals surface area contributed by atoms with E-state index in [4.69, 9.17) is 0 Å². The van der Waals surface area contributed by atoms with Gasteiger partial charge in [0.15, 0.2) is 0 Å². The molecule has 4 heteroatoms. The molecule has 1 fully saturated rings. The van der Waals surface area contributed by atoms with E-state index in [1.165, 1.54) is 5.56 Å². The van der Waals surface area contributed by atoms with E-state index in [9.17, 15) is 5.11 Å². The predicted molar refractivity (Wildman–Crippen MR) is 108 cm³/mol. The van der Waals surface area contributed by atoms with Gasteiger partial charge in [0.1, 0.15) is 11.4 Å². The average Bonchev–Trinajstić information content (AvgIpc) is 3.53. The van der Waals surface area contributed by atoms with Gasteiger partial charge in [-0.05, 0) is 53.5 Å². The van der Waals surface area contributed by atoms with E-state index in [2.05, 4.69) is 50.7 Å². The summed E-state index contributed by atoms with van der Waals surface area (Å²) in [6.07, 6.45) is 3.36. The fourth-order valence-electron chi connectivity index (χ4n) is 2.95. The van der Waals surface area contributed by atoms with Gasteiger partial charge in [-0.1, -0.05) is 42.5 Å². The van der Waals surface area contributed by atoms with E-state index in [1.807, 2.05) is 54.6 Å². The maximum atomic E-state index is 11.3. The Morgan fingerprint density at radius 1 is 0.857 bits per heavy atom. The SMILES string of the molecule is OC(C#Cc1ccccn1)(C#Cc1ccccn1)C1CN1Cc1ccccc1. The summed E-state index contributed by atoms with van der Waals surface area (Å²) in [6.45, 7) is 1.49. The molecule has 2 unspecified atom stereocenters. The molecule has 0 aliphatic carbocycles. The summed E-state index contributed by atoms with van der Waals surface area (Å²) >= 11 is 0. The molecule has 3 aromatic rings. The molecule has 1 aromatic carbocycles. The average molecular weight is 365 g/mol. The van der Waals surface area contributed by atoms with Crippen molar-refractivity contribution in [1.29, 1.82) is 0 Å². The third kappa shape index (κ3) is 4.45. The second-order valence-corrected chi connectivity index (χ2v) is 6.63. The molecule has 0 saturated carbocycles. The third-order valence-corrected chi connectivity index (χ3v) is 4.52. The number of pyridine rings is 2. The lowest BCUT2D eigenvalue weighted by Crippen LogP contribution is -2.34. The first kappa shape index (κ1) is 17.9. The molecule has 1 N–H and O–H groups in total. The summed E-state index contributed by atoms with van der Waals surface area (Å²) in [5.41, 5.74) is 0.957. The zero-order valence-corrected chi connectivity index (χ0v) is 15.3. The van der Waals surface area contributed by atoms with Crippen molar-refractivity contribution in [1.82, 2.24) is 14.9 Å². The van der Waals surface area contributed by atoms with Crippen molar-refractivity contribution in [3.63, 3.8) is 0 Å². The van der Waals surface area contributed by atoms with Crippen LogP contribution in [0.4, 0.5) is 0 Å². The highest BCUT2D eigenvalue weighted by molar-refractivity contribution is 5.43. The van der Waals surface area contributed by atoms with Crippen molar-refractivity contribution in [2.75, 3.05) is 6.54 Å². The molecule has 1 saturated heterocycles. The van der Waals surface area contributed by atoms with Gasteiger partial charge in [0.2, 0.25) is 5.60 Å². The lowest BCUT2D eigenvalue weighted by molar-refractivity contribution is 0.143. The molecule has 2 atom stereocenters. The normalized spacial score (nSPS) is 17.6. The molecule has 1 aliphatic rings. The van der Waals surface area contributed by atoms with Crippen molar-refractivity contribution >= 4 is 0 Å². The highest BCUT2D eigenvalue weighted by Gasteiger charge is 2.49. The van der Waals surface area contributed by atoms with Crippen molar-refractivity contribution < 1.29 is 5.11 Å². The molecule has 0 spiro atoms. The molecule has 0 amide bonds. The lowest BCUT2D eigenvalue weighted by Gasteiger charge is -2.16. The van der Waals surface area contributed by atoms with Crippen LogP contribution in [-0.2, 0) is 6.54 Å². The lowest BCUT2D eigenvalue weighted by atomic mass is 10.0. The molecule has 3 heterocycles. The van der Waals surface area contributed by atoms with E-state index >= 15 is 0 Å². The molecule has 0 bridgehead atoms. The molecule has 2 aromatic heterocycles. The fraction of sp³-hybridized carbons (Fsp3) is 0.167. The van der Waals surface area contributed by atoms with Gasteiger partial charge in [0, 0.05) is 25.5 Å². The maximum Gasteiger partial charge on any atom is 0.205 e. The number of hydrogen-bond donors (Lipinski definition) is 1. The Kier molecular flexibility index (Phi) is 5.17. The summed E-state index contributed by atoms with van der Waals surface area (Å²) in [6, 6.07) is 21.1. The van der Waals surface area contributed by atoms with E-state index in [1.54, 1.807) is 12.4 Å². The van der Waals surface area contributed by atoms with Crippen LogP contribution >= 0.6 is 0 Å². The van der Waals surface area contributed by atoms with Gasteiger partial charge in [0.25, 0.3) is 0 Å². The predicted octanol–water partition coefficient (Wildman–Crippen LogP) is 2.50. The van der Waals surface area contributed by atoms with E-state index in [-0.39, 0.29) is 6.04 Å². The number of rotatable bonds is 3. The Morgan fingerprint density at radius 3 is 1.96 bits per heavy atom. The Bertz CT molecular complexity index is 987. The van der Waals surface area contributed by atoms with Crippen molar-refractivity contribution in [3.8, 4) is 23.7 Å². The summed E-state index contributed by atoms with van der Waals surface area (Å²) < 4.78 is 0. The van der Waals surface area contributed by atoms with Crippen LogP contribution in [0.25, 0.3) is 0 Å². The smallest absolute Gasteiger partial charge is 0.205 e. The zero-order valence-electron chi connectivity index (χ0n) is 15.3. The Hall–Kier alpha value is -3.44. The number of aliphatic hydroxyl groups is 1. The van der Waals surface area contributed by atoms with E-state index in [0.717, 1.165) is 13.1 Å². The van der Waals surface area contributed by atoms with Gasteiger partial charge in [-0.15, -0.1) is 0 Å². The molecule has 4 nitrogen and oxygen atoms in total. The van der Waals surface area contributed by atoms with Crippen LogP contribution in [0.5, 0.6) is 0 Å². The molecule has 1 aliphatic heterocycles. The van der Waals surface area contributed by atoms with Crippen molar-refractivity contribution in [2.45, 2.75) is 18.2 Å². The molecule has 0 radical (unpaired) electrons. The van der Waals surface area contributed by atoms with Crippen molar-refractivity contribution in [2.24, 2.45) is 0 Å². The second kappa shape index (κ2) is 8.06. The van der Waals surface area contributed by atoms with Gasteiger partial charge in [-0.2, -0.15) is 0 Å². The van der Waals surface area contributed by atoms with Gasteiger partial charge >= 0.3 is 0 Å². The first-order valence-electron chi connectivity index (χ1n) is 9.12. The summed E-state index contributed by atoms with van der Waals surface area (Å²) in [7, 11) is 0. The number of hydrogen-bond acceptors (Lipinski definition) is 4. The monoisotopic (exact) mass is 365 g/mol. The number of aromatic nitrogens is 2. The Morgan fingerprint density at radius 2 is 1.43 bits per heavy atom. The minimum atomic E-state index is -1.45. The molecule has 4 rings (SSSR count). The Balaban J connectivity index is 1.59. The second-order valence-electron chi connectivity index (χ2n) is 6.63. The van der Waals surface area contributed by atoms with Gasteiger partial charge in [-0.3, -0.25) is 4.90 Å². The van der Waals surface area contributed by atoms with Gasteiger partial charge in [0.05, 0.1) is 6.04 Å². The quantitative estimate of drug-likeness (QED) is 0.572. The van der Waals surface area contributed by atoms with Crippen LogP contribution in [0.2, 0.25) is 0 Å².